The average Bonchev–Trinajstić information content (AvgIpc) is 3.29. The molecule has 0 bridgehead atoms. The minimum Gasteiger partial charge on any atom is -0.356 e. The van der Waals surface area contributed by atoms with E-state index in [1.54, 1.807) is 16.8 Å². The first kappa shape index (κ1) is 25.0. The maximum absolute atomic E-state index is 13.1. The molecule has 0 amide bonds. The first-order valence-corrected chi connectivity index (χ1v) is 11.7. The van der Waals surface area contributed by atoms with Gasteiger partial charge in [-0.2, -0.15) is 5.10 Å². The van der Waals surface area contributed by atoms with E-state index < -0.39 is 0 Å². The van der Waals surface area contributed by atoms with Crippen LogP contribution < -0.4 is 10.6 Å². The Hall–Kier alpha value is -1.68. The molecule has 1 saturated heterocycles. The monoisotopic (exact) mass is 554 g/mol. The van der Waals surface area contributed by atoms with Crippen LogP contribution in [0.4, 0.5) is 4.39 Å². The molecule has 4 rings (SSSR count). The second-order valence-corrected chi connectivity index (χ2v) is 8.72. The lowest BCUT2D eigenvalue weighted by Gasteiger charge is -2.39. The van der Waals surface area contributed by atoms with E-state index in [0.29, 0.717) is 6.04 Å². The van der Waals surface area contributed by atoms with Crippen LogP contribution >= 0.6 is 24.0 Å². The maximum Gasteiger partial charge on any atom is 0.191 e. The third-order valence-corrected chi connectivity index (χ3v) is 6.59. The average molecular weight is 554 g/mol. The van der Waals surface area contributed by atoms with Crippen molar-refractivity contribution in [3.63, 3.8) is 0 Å². The van der Waals surface area contributed by atoms with Crippen LogP contribution in [0.15, 0.2) is 41.5 Å². The number of rotatable bonds is 6. The number of halogens is 2. The van der Waals surface area contributed by atoms with E-state index in [-0.39, 0.29) is 29.8 Å². The van der Waals surface area contributed by atoms with Crippen LogP contribution in [-0.2, 0) is 6.42 Å². The number of guanidine groups is 1. The summed E-state index contributed by atoms with van der Waals surface area (Å²) in [4.78, 5) is 7.12. The Labute approximate surface area is 208 Å². The third kappa shape index (κ3) is 6.91. The molecule has 0 unspecified atom stereocenters. The lowest BCUT2D eigenvalue weighted by molar-refractivity contribution is 0.119. The number of hydrogen-bond acceptors (Lipinski definition) is 3. The molecule has 0 radical (unpaired) electrons. The highest BCUT2D eigenvalue weighted by Crippen LogP contribution is 2.25. The minimum absolute atomic E-state index is 0. The van der Waals surface area contributed by atoms with Crippen molar-refractivity contribution >= 4 is 29.9 Å². The second kappa shape index (κ2) is 12.5. The molecule has 2 N–H and O–H groups in total. The van der Waals surface area contributed by atoms with E-state index in [2.05, 4.69) is 25.6 Å². The first-order chi connectivity index (χ1) is 15.2. The molecule has 1 aliphatic heterocycles. The molecule has 2 aliphatic rings. The predicted molar refractivity (Wildman–Crippen MR) is 139 cm³/mol. The second-order valence-electron chi connectivity index (χ2n) is 8.72. The molecule has 1 aromatic carbocycles. The molecule has 0 atom stereocenters. The summed E-state index contributed by atoms with van der Waals surface area (Å²) in [6.45, 7) is 3.15. The topological polar surface area (TPSA) is 57.5 Å². The van der Waals surface area contributed by atoms with Gasteiger partial charge in [-0.3, -0.25) is 4.99 Å². The van der Waals surface area contributed by atoms with E-state index in [1.165, 1.54) is 70.2 Å². The van der Waals surface area contributed by atoms with E-state index in [1.807, 2.05) is 19.3 Å². The fourth-order valence-corrected chi connectivity index (χ4v) is 4.78. The van der Waals surface area contributed by atoms with Gasteiger partial charge in [-0.15, -0.1) is 24.0 Å². The summed E-state index contributed by atoms with van der Waals surface area (Å²) in [5, 5.41) is 11.6. The number of aromatic nitrogens is 2. The Kier molecular flexibility index (Phi) is 9.77. The molecule has 2 fully saturated rings. The zero-order valence-corrected chi connectivity index (χ0v) is 21.3. The largest absolute Gasteiger partial charge is 0.356 e. The highest BCUT2D eigenvalue weighted by molar-refractivity contribution is 14.0. The molecule has 2 heterocycles. The van der Waals surface area contributed by atoms with Crippen LogP contribution in [0.5, 0.6) is 0 Å². The Morgan fingerprint density at radius 3 is 2.47 bits per heavy atom. The molecule has 2 aromatic rings. The molecule has 32 heavy (non-hydrogen) atoms. The Morgan fingerprint density at radius 1 is 1.06 bits per heavy atom. The normalized spacial score (nSPS) is 18.9. The summed E-state index contributed by atoms with van der Waals surface area (Å²) in [6.07, 6.45) is 12.1. The Bertz CT molecular complexity index is 838. The zero-order valence-electron chi connectivity index (χ0n) is 19.0. The van der Waals surface area contributed by atoms with Crippen molar-refractivity contribution in [2.45, 2.75) is 63.5 Å². The summed E-state index contributed by atoms with van der Waals surface area (Å²) in [5.41, 5.74) is 1.85. The fourth-order valence-electron chi connectivity index (χ4n) is 4.78. The quantitative estimate of drug-likeness (QED) is 0.321. The molecular formula is C24H36FIN6. The predicted octanol–water partition coefficient (Wildman–Crippen LogP) is 4.13. The van der Waals surface area contributed by atoms with Crippen LogP contribution in [0.2, 0.25) is 0 Å². The van der Waals surface area contributed by atoms with Gasteiger partial charge in [0.15, 0.2) is 5.96 Å². The SMILES string of the molecule is CN=C(NCCc1ccn(-c2ccc(F)cc2)n1)NC1CCN(C2CCCCC2)CC1.I. The number of benzene rings is 1. The fraction of sp³-hybridized carbons (Fsp3) is 0.583. The lowest BCUT2D eigenvalue weighted by Crippen LogP contribution is -2.51. The highest BCUT2D eigenvalue weighted by atomic mass is 127. The van der Waals surface area contributed by atoms with Crippen LogP contribution in [0.3, 0.4) is 0 Å². The summed E-state index contributed by atoms with van der Waals surface area (Å²) in [7, 11) is 1.83. The zero-order chi connectivity index (χ0) is 21.5. The smallest absolute Gasteiger partial charge is 0.191 e. The molecular weight excluding hydrogens is 518 g/mol. The van der Waals surface area contributed by atoms with Crippen molar-refractivity contribution in [2.24, 2.45) is 4.99 Å². The number of piperidine rings is 1. The molecule has 1 aromatic heterocycles. The van der Waals surface area contributed by atoms with Crippen molar-refractivity contribution in [3.8, 4) is 5.69 Å². The van der Waals surface area contributed by atoms with Crippen LogP contribution in [0.1, 0.15) is 50.6 Å². The maximum atomic E-state index is 13.1. The summed E-state index contributed by atoms with van der Waals surface area (Å²) in [6, 6.07) is 9.68. The molecule has 8 heteroatoms. The molecule has 176 valence electrons. The Balaban J connectivity index is 0.00000289. The van der Waals surface area contributed by atoms with Crippen molar-refractivity contribution in [2.75, 3.05) is 26.7 Å². The van der Waals surface area contributed by atoms with Gasteiger partial charge in [-0.25, -0.2) is 9.07 Å². The van der Waals surface area contributed by atoms with Gasteiger partial charge in [0.25, 0.3) is 0 Å². The van der Waals surface area contributed by atoms with E-state index in [0.717, 1.165) is 36.3 Å². The van der Waals surface area contributed by atoms with Crippen molar-refractivity contribution < 1.29 is 4.39 Å². The summed E-state index contributed by atoms with van der Waals surface area (Å²) < 4.78 is 14.9. The van der Waals surface area contributed by atoms with Crippen LogP contribution in [0.25, 0.3) is 5.69 Å². The molecule has 1 aliphatic carbocycles. The van der Waals surface area contributed by atoms with Crippen molar-refractivity contribution in [3.05, 3.63) is 48.0 Å². The van der Waals surface area contributed by atoms with Crippen LogP contribution in [0, 0.1) is 5.82 Å². The molecule has 1 saturated carbocycles. The number of hydrogen-bond donors (Lipinski definition) is 2. The number of nitrogens with one attached hydrogen (secondary N) is 2. The number of aliphatic imine (C=N–C) groups is 1. The summed E-state index contributed by atoms with van der Waals surface area (Å²) >= 11 is 0. The van der Waals surface area contributed by atoms with Crippen molar-refractivity contribution in [1.82, 2.24) is 25.3 Å². The van der Waals surface area contributed by atoms with E-state index >= 15 is 0 Å². The number of likely N-dealkylation sites (tertiary alicyclic amines) is 1. The van der Waals surface area contributed by atoms with Gasteiger partial charge in [-0.1, -0.05) is 19.3 Å². The molecule has 6 nitrogen and oxygen atoms in total. The third-order valence-electron chi connectivity index (χ3n) is 6.59. The van der Waals surface area contributed by atoms with Gasteiger partial charge in [0.1, 0.15) is 5.82 Å². The van der Waals surface area contributed by atoms with Gasteiger partial charge in [0.05, 0.1) is 11.4 Å². The Morgan fingerprint density at radius 2 is 1.78 bits per heavy atom. The van der Waals surface area contributed by atoms with E-state index in [4.69, 9.17) is 0 Å². The highest BCUT2D eigenvalue weighted by Gasteiger charge is 2.26. The standard InChI is InChI=1S/C24H35FN6.HI/c1-26-24(28-20-12-16-30(17-13-20)22-5-3-2-4-6-22)27-15-11-21-14-18-31(29-21)23-9-7-19(25)8-10-23;/h7-10,14,18,20,22H,2-6,11-13,15-17H2,1H3,(H2,26,27,28);1H. The summed E-state index contributed by atoms with van der Waals surface area (Å²) in [5.74, 6) is 0.632. The van der Waals surface area contributed by atoms with Gasteiger partial charge >= 0.3 is 0 Å². The molecule has 0 spiro atoms. The van der Waals surface area contributed by atoms with Gasteiger partial charge in [0, 0.05) is 51.4 Å². The van der Waals surface area contributed by atoms with Crippen molar-refractivity contribution in [1.29, 1.82) is 0 Å². The van der Waals surface area contributed by atoms with E-state index in [9.17, 15) is 4.39 Å². The van der Waals surface area contributed by atoms with Gasteiger partial charge in [0.2, 0.25) is 0 Å². The van der Waals surface area contributed by atoms with Gasteiger partial charge < -0.3 is 15.5 Å². The van der Waals surface area contributed by atoms with Crippen LogP contribution in [-0.4, -0.2) is 59.4 Å². The lowest BCUT2D eigenvalue weighted by atomic mass is 9.92. The first-order valence-electron chi connectivity index (χ1n) is 11.7. The number of nitrogens with zero attached hydrogens (tertiary/aromatic N) is 4. The van der Waals surface area contributed by atoms with Gasteiger partial charge in [-0.05, 0) is 56.0 Å². The minimum atomic E-state index is -0.237.